The van der Waals surface area contributed by atoms with Gasteiger partial charge in [0.1, 0.15) is 5.75 Å². The van der Waals surface area contributed by atoms with Gasteiger partial charge in [-0.2, -0.15) is 5.10 Å². The fraction of sp³-hybridized carbons (Fsp3) is 0.286. The van der Waals surface area contributed by atoms with Gasteiger partial charge in [0.25, 0.3) is 17.5 Å². The predicted octanol–water partition coefficient (Wildman–Crippen LogP) is 2.88. The first-order chi connectivity index (χ1) is 14.9. The first-order valence-electron chi connectivity index (χ1n) is 9.69. The molecule has 0 heterocycles. The smallest absolute Gasteiger partial charge is 0.284 e. The number of nitro benzene ring substituents is 1. The summed E-state index contributed by atoms with van der Waals surface area (Å²) in [6.07, 6.45) is 5.73. The van der Waals surface area contributed by atoms with Crippen molar-refractivity contribution in [3.05, 3.63) is 67.7 Å². The Morgan fingerprint density at radius 1 is 1.13 bits per heavy atom. The molecule has 0 fully saturated rings. The standard InChI is InChI=1S/C21H21BrN4O5/c22-18-8-5-14(9-19(18)26(29)30)11-24-25-20(27)12-23-21(28)13-31-17-7-6-15-3-1-2-4-16(15)10-17/h5-11H,1-4,12-13H2,(H,23,28)(H,25,27)/b24-11+. The van der Waals surface area contributed by atoms with Crippen LogP contribution < -0.4 is 15.5 Å². The van der Waals surface area contributed by atoms with Gasteiger partial charge in [-0.05, 0) is 70.9 Å². The van der Waals surface area contributed by atoms with Crippen LogP contribution in [0.5, 0.6) is 5.75 Å². The van der Waals surface area contributed by atoms with Gasteiger partial charge in [0.2, 0.25) is 0 Å². The van der Waals surface area contributed by atoms with Gasteiger partial charge in [0.05, 0.1) is 22.2 Å². The minimum Gasteiger partial charge on any atom is -0.484 e. The Labute approximate surface area is 187 Å². The van der Waals surface area contributed by atoms with Crippen LogP contribution in [0.15, 0.2) is 46.0 Å². The Bertz CT molecular complexity index is 1020. The largest absolute Gasteiger partial charge is 0.484 e. The first-order valence-corrected chi connectivity index (χ1v) is 10.5. The summed E-state index contributed by atoms with van der Waals surface area (Å²) in [7, 11) is 0. The van der Waals surface area contributed by atoms with E-state index >= 15 is 0 Å². The van der Waals surface area contributed by atoms with Gasteiger partial charge < -0.3 is 10.1 Å². The average molecular weight is 489 g/mol. The van der Waals surface area contributed by atoms with E-state index in [0.717, 1.165) is 19.3 Å². The molecule has 9 nitrogen and oxygen atoms in total. The third-order valence-corrected chi connectivity index (χ3v) is 5.38. The van der Waals surface area contributed by atoms with Crippen molar-refractivity contribution in [3.8, 4) is 5.75 Å². The van der Waals surface area contributed by atoms with Crippen LogP contribution in [0.25, 0.3) is 0 Å². The van der Waals surface area contributed by atoms with Gasteiger partial charge in [0.15, 0.2) is 6.61 Å². The summed E-state index contributed by atoms with van der Waals surface area (Å²) in [4.78, 5) is 34.1. The number of ether oxygens (including phenoxy) is 1. The summed E-state index contributed by atoms with van der Waals surface area (Å²) in [5.41, 5.74) is 5.18. The number of carbonyl (C=O) groups excluding carboxylic acids is 2. The molecule has 0 saturated heterocycles. The Hall–Kier alpha value is -3.27. The number of amides is 2. The van der Waals surface area contributed by atoms with Gasteiger partial charge in [-0.1, -0.05) is 12.1 Å². The van der Waals surface area contributed by atoms with E-state index in [1.807, 2.05) is 18.2 Å². The lowest BCUT2D eigenvalue weighted by atomic mass is 9.92. The number of hydrazone groups is 1. The van der Waals surface area contributed by atoms with Crippen molar-refractivity contribution in [3.63, 3.8) is 0 Å². The molecule has 0 aliphatic heterocycles. The molecule has 0 atom stereocenters. The molecule has 10 heteroatoms. The van der Waals surface area contributed by atoms with Gasteiger partial charge >= 0.3 is 0 Å². The third kappa shape index (κ3) is 6.61. The number of halogens is 1. The molecule has 0 spiro atoms. The number of hydrogen-bond acceptors (Lipinski definition) is 6. The minimum atomic E-state index is -0.537. The second-order valence-electron chi connectivity index (χ2n) is 6.96. The number of aryl methyl sites for hydroxylation is 2. The number of fused-ring (bicyclic) bond motifs is 1. The Morgan fingerprint density at radius 3 is 2.68 bits per heavy atom. The van der Waals surface area contributed by atoms with Crippen molar-refractivity contribution in [1.82, 2.24) is 10.7 Å². The van der Waals surface area contributed by atoms with Crippen LogP contribution in [-0.2, 0) is 22.4 Å². The lowest BCUT2D eigenvalue weighted by Crippen LogP contribution is -2.37. The van der Waals surface area contributed by atoms with Crippen molar-refractivity contribution < 1.29 is 19.2 Å². The molecule has 2 N–H and O–H groups in total. The molecular weight excluding hydrogens is 468 g/mol. The molecule has 3 rings (SSSR count). The van der Waals surface area contributed by atoms with Gasteiger partial charge in [-0.15, -0.1) is 0 Å². The normalized spacial score (nSPS) is 12.8. The van der Waals surface area contributed by atoms with Gasteiger partial charge in [-0.25, -0.2) is 5.43 Å². The molecule has 0 saturated carbocycles. The van der Waals surface area contributed by atoms with E-state index in [-0.39, 0.29) is 18.8 Å². The van der Waals surface area contributed by atoms with E-state index in [0.29, 0.717) is 15.8 Å². The quantitative estimate of drug-likeness (QED) is 0.336. The topological polar surface area (TPSA) is 123 Å². The zero-order chi connectivity index (χ0) is 22.2. The molecule has 2 aromatic carbocycles. The Morgan fingerprint density at radius 2 is 1.90 bits per heavy atom. The number of hydrogen-bond donors (Lipinski definition) is 2. The predicted molar refractivity (Wildman–Crippen MR) is 118 cm³/mol. The lowest BCUT2D eigenvalue weighted by Gasteiger charge is -2.16. The maximum atomic E-state index is 11.9. The number of rotatable bonds is 8. The number of benzene rings is 2. The highest BCUT2D eigenvalue weighted by Gasteiger charge is 2.12. The SMILES string of the molecule is O=C(COc1ccc2c(c1)CCCC2)NCC(=O)N/N=C/c1ccc(Br)c([N+](=O)[O-])c1. The molecule has 1 aliphatic rings. The summed E-state index contributed by atoms with van der Waals surface area (Å²) in [6.45, 7) is -0.470. The number of nitro groups is 1. The van der Waals surface area contributed by atoms with Gasteiger partial charge in [-0.3, -0.25) is 19.7 Å². The van der Waals surface area contributed by atoms with E-state index in [1.54, 1.807) is 6.07 Å². The van der Waals surface area contributed by atoms with E-state index in [1.165, 1.54) is 35.9 Å². The average Bonchev–Trinajstić information content (AvgIpc) is 2.77. The van der Waals surface area contributed by atoms with Crippen molar-refractivity contribution in [2.24, 2.45) is 5.10 Å². The summed E-state index contributed by atoms with van der Waals surface area (Å²) in [5, 5.41) is 17.1. The molecule has 31 heavy (non-hydrogen) atoms. The van der Waals surface area contributed by atoms with Crippen LogP contribution in [0.3, 0.4) is 0 Å². The third-order valence-electron chi connectivity index (χ3n) is 4.71. The summed E-state index contributed by atoms with van der Waals surface area (Å²) in [6, 6.07) is 10.3. The van der Waals surface area contributed by atoms with Crippen molar-refractivity contribution in [2.45, 2.75) is 25.7 Å². The minimum absolute atomic E-state index is 0.110. The van der Waals surface area contributed by atoms with Crippen LogP contribution in [0.2, 0.25) is 0 Å². The van der Waals surface area contributed by atoms with Crippen LogP contribution in [0.4, 0.5) is 5.69 Å². The second kappa shape index (κ2) is 10.7. The van der Waals surface area contributed by atoms with Crippen LogP contribution in [-0.4, -0.2) is 36.1 Å². The lowest BCUT2D eigenvalue weighted by molar-refractivity contribution is -0.385. The van der Waals surface area contributed by atoms with Crippen LogP contribution >= 0.6 is 15.9 Å². The van der Waals surface area contributed by atoms with E-state index in [9.17, 15) is 19.7 Å². The van der Waals surface area contributed by atoms with Gasteiger partial charge in [0, 0.05) is 11.6 Å². The number of nitrogens with zero attached hydrogens (tertiary/aromatic N) is 2. The molecule has 0 aromatic heterocycles. The molecule has 0 radical (unpaired) electrons. The fourth-order valence-electron chi connectivity index (χ4n) is 3.15. The highest BCUT2D eigenvalue weighted by atomic mass is 79.9. The summed E-state index contributed by atoms with van der Waals surface area (Å²) < 4.78 is 5.86. The maximum absolute atomic E-state index is 11.9. The summed E-state index contributed by atoms with van der Waals surface area (Å²) in [5.74, 6) is -0.334. The number of carbonyl (C=O) groups is 2. The molecule has 0 unspecified atom stereocenters. The Balaban J connectivity index is 1.40. The second-order valence-corrected chi connectivity index (χ2v) is 7.82. The molecule has 2 amide bonds. The highest BCUT2D eigenvalue weighted by molar-refractivity contribution is 9.10. The Kier molecular flexibility index (Phi) is 7.71. The monoisotopic (exact) mass is 488 g/mol. The molecule has 0 bridgehead atoms. The first kappa shape index (κ1) is 22.4. The molecule has 1 aliphatic carbocycles. The highest BCUT2D eigenvalue weighted by Crippen LogP contribution is 2.26. The van der Waals surface area contributed by atoms with Crippen molar-refractivity contribution in [1.29, 1.82) is 0 Å². The molecule has 2 aromatic rings. The van der Waals surface area contributed by atoms with E-state index in [4.69, 9.17) is 4.74 Å². The van der Waals surface area contributed by atoms with Crippen LogP contribution in [0.1, 0.15) is 29.5 Å². The van der Waals surface area contributed by atoms with Crippen molar-refractivity contribution in [2.75, 3.05) is 13.2 Å². The molecular formula is C21H21BrN4O5. The van der Waals surface area contributed by atoms with Crippen molar-refractivity contribution >= 4 is 39.6 Å². The molecule has 162 valence electrons. The van der Waals surface area contributed by atoms with Crippen LogP contribution in [0, 0.1) is 10.1 Å². The fourth-order valence-corrected chi connectivity index (χ4v) is 3.54. The maximum Gasteiger partial charge on any atom is 0.284 e. The van der Waals surface area contributed by atoms with E-state index in [2.05, 4.69) is 31.8 Å². The summed E-state index contributed by atoms with van der Waals surface area (Å²) >= 11 is 3.09. The number of nitrogens with one attached hydrogen (secondary N) is 2. The zero-order valence-corrected chi connectivity index (χ0v) is 18.2. The zero-order valence-electron chi connectivity index (χ0n) is 16.6. The van der Waals surface area contributed by atoms with E-state index < -0.39 is 16.7 Å².